The van der Waals surface area contributed by atoms with Gasteiger partial charge in [0.2, 0.25) is 0 Å². The SMILES string of the molecule is CCOc1cccc(CNCC2CCNCC2)c1.[Cl-].[Cl-]. The van der Waals surface area contributed by atoms with Crippen molar-refractivity contribution < 1.29 is 29.6 Å². The summed E-state index contributed by atoms with van der Waals surface area (Å²) in [4.78, 5) is 0. The van der Waals surface area contributed by atoms with Crippen molar-refractivity contribution in [2.75, 3.05) is 26.2 Å². The Hall–Kier alpha value is -0.480. The van der Waals surface area contributed by atoms with Gasteiger partial charge in [0.05, 0.1) is 6.61 Å². The first-order valence-electron chi connectivity index (χ1n) is 7.01. The number of rotatable bonds is 6. The molecule has 0 aromatic heterocycles. The molecular weight excluding hydrogens is 295 g/mol. The number of benzene rings is 1. The lowest BCUT2D eigenvalue weighted by Crippen LogP contribution is -3.00. The average Bonchev–Trinajstić information content (AvgIpc) is 2.41. The first-order chi connectivity index (χ1) is 8.88. The van der Waals surface area contributed by atoms with Gasteiger partial charge in [0.1, 0.15) is 5.75 Å². The molecule has 1 heterocycles. The molecule has 1 aromatic carbocycles. The summed E-state index contributed by atoms with van der Waals surface area (Å²) in [7, 11) is 0. The topological polar surface area (TPSA) is 33.3 Å². The minimum atomic E-state index is 0. The molecule has 3 nitrogen and oxygen atoms in total. The fourth-order valence-electron chi connectivity index (χ4n) is 2.42. The van der Waals surface area contributed by atoms with Gasteiger partial charge >= 0.3 is 0 Å². The van der Waals surface area contributed by atoms with E-state index in [1.807, 2.05) is 13.0 Å². The van der Waals surface area contributed by atoms with Gasteiger partial charge in [-0.1, -0.05) is 12.1 Å². The van der Waals surface area contributed by atoms with Crippen molar-refractivity contribution in [2.24, 2.45) is 5.92 Å². The first kappa shape index (κ1) is 19.5. The van der Waals surface area contributed by atoms with Crippen LogP contribution in [0.4, 0.5) is 0 Å². The van der Waals surface area contributed by atoms with Crippen molar-refractivity contribution in [2.45, 2.75) is 26.3 Å². The van der Waals surface area contributed by atoms with Crippen LogP contribution in [0.2, 0.25) is 0 Å². The van der Waals surface area contributed by atoms with E-state index in [2.05, 4.69) is 28.8 Å². The van der Waals surface area contributed by atoms with Crippen LogP contribution in [0.3, 0.4) is 0 Å². The third kappa shape index (κ3) is 6.80. The quantitative estimate of drug-likeness (QED) is 0.564. The Morgan fingerprint density at radius 3 is 2.70 bits per heavy atom. The van der Waals surface area contributed by atoms with Gasteiger partial charge in [-0.15, -0.1) is 0 Å². The van der Waals surface area contributed by atoms with Crippen molar-refractivity contribution in [3.8, 4) is 5.75 Å². The summed E-state index contributed by atoms with van der Waals surface area (Å²) >= 11 is 0. The summed E-state index contributed by atoms with van der Waals surface area (Å²) in [5, 5.41) is 6.96. The molecule has 1 aliphatic heterocycles. The van der Waals surface area contributed by atoms with E-state index in [1.54, 1.807) is 0 Å². The Morgan fingerprint density at radius 1 is 1.25 bits per heavy atom. The Balaban J connectivity index is 0.00000180. The molecule has 0 atom stereocenters. The molecule has 20 heavy (non-hydrogen) atoms. The maximum atomic E-state index is 5.51. The van der Waals surface area contributed by atoms with Gasteiger partial charge in [0.15, 0.2) is 0 Å². The van der Waals surface area contributed by atoms with Crippen LogP contribution in [0.25, 0.3) is 0 Å². The Morgan fingerprint density at radius 2 is 2.00 bits per heavy atom. The molecule has 2 rings (SSSR count). The van der Waals surface area contributed by atoms with Gasteiger partial charge < -0.3 is 40.2 Å². The minimum absolute atomic E-state index is 0. The van der Waals surface area contributed by atoms with Crippen LogP contribution in [0.15, 0.2) is 24.3 Å². The van der Waals surface area contributed by atoms with Crippen LogP contribution in [0, 0.1) is 5.92 Å². The largest absolute Gasteiger partial charge is 1.00 e. The van der Waals surface area contributed by atoms with E-state index in [9.17, 15) is 0 Å². The lowest BCUT2D eigenvalue weighted by Gasteiger charge is -2.22. The minimum Gasteiger partial charge on any atom is -1.00 e. The second kappa shape index (κ2) is 11.2. The predicted octanol–water partition coefficient (Wildman–Crippen LogP) is -3.82. The zero-order valence-electron chi connectivity index (χ0n) is 12.0. The molecule has 0 unspecified atom stereocenters. The zero-order chi connectivity index (χ0) is 12.6. The van der Waals surface area contributed by atoms with Crippen LogP contribution in [0.1, 0.15) is 25.3 Å². The maximum Gasteiger partial charge on any atom is 0.119 e. The number of hydrogen-bond acceptors (Lipinski definition) is 3. The molecule has 5 heteroatoms. The van der Waals surface area contributed by atoms with E-state index in [-0.39, 0.29) is 24.8 Å². The molecule has 116 valence electrons. The van der Waals surface area contributed by atoms with Crippen LogP contribution in [0.5, 0.6) is 5.75 Å². The van der Waals surface area contributed by atoms with Gasteiger partial charge in [-0.3, -0.25) is 0 Å². The Labute approximate surface area is 134 Å². The number of piperidine rings is 1. The van der Waals surface area contributed by atoms with E-state index < -0.39 is 0 Å². The van der Waals surface area contributed by atoms with Crippen molar-refractivity contribution in [3.63, 3.8) is 0 Å². The van der Waals surface area contributed by atoms with Crippen LogP contribution in [-0.2, 0) is 6.54 Å². The fraction of sp³-hybridized carbons (Fsp3) is 0.600. The molecule has 2 N–H and O–H groups in total. The molecule has 0 saturated carbocycles. The molecule has 0 amide bonds. The predicted molar refractivity (Wildman–Crippen MR) is 74.9 cm³/mol. The fourth-order valence-corrected chi connectivity index (χ4v) is 2.42. The van der Waals surface area contributed by atoms with Crippen molar-refractivity contribution in [1.82, 2.24) is 10.6 Å². The summed E-state index contributed by atoms with van der Waals surface area (Å²) in [6, 6.07) is 8.35. The van der Waals surface area contributed by atoms with Crippen LogP contribution in [-0.4, -0.2) is 26.2 Å². The van der Waals surface area contributed by atoms with E-state index >= 15 is 0 Å². The monoisotopic (exact) mass is 318 g/mol. The summed E-state index contributed by atoms with van der Waals surface area (Å²) in [6.07, 6.45) is 2.60. The average molecular weight is 319 g/mol. The van der Waals surface area contributed by atoms with Crippen LogP contribution < -0.4 is 40.2 Å². The van der Waals surface area contributed by atoms with E-state index in [0.717, 1.165) is 31.4 Å². The highest BCUT2D eigenvalue weighted by molar-refractivity contribution is 5.28. The Bertz CT molecular complexity index is 357. The number of ether oxygens (including phenoxy) is 1. The normalized spacial score (nSPS) is 15.1. The molecular formula is C15H24Cl2N2O-2. The summed E-state index contributed by atoms with van der Waals surface area (Å²) in [6.45, 7) is 7.15. The van der Waals surface area contributed by atoms with Crippen molar-refractivity contribution in [1.29, 1.82) is 0 Å². The molecule has 0 bridgehead atoms. The maximum absolute atomic E-state index is 5.51. The third-order valence-electron chi connectivity index (χ3n) is 3.43. The Kier molecular flexibility index (Phi) is 10.9. The number of hydrogen-bond donors (Lipinski definition) is 2. The van der Waals surface area contributed by atoms with E-state index in [1.165, 1.54) is 31.5 Å². The summed E-state index contributed by atoms with van der Waals surface area (Å²) in [5.74, 6) is 1.81. The van der Waals surface area contributed by atoms with E-state index in [0.29, 0.717) is 0 Å². The standard InChI is InChI=1S/C15H24N2O.2ClH/c1-2-18-15-5-3-4-14(10-15)12-17-11-13-6-8-16-9-7-13;;/h3-5,10,13,16-17H,2,6-9,11-12H2,1H3;2*1H/p-2. The lowest BCUT2D eigenvalue weighted by atomic mass is 9.98. The molecule has 0 spiro atoms. The molecule has 1 saturated heterocycles. The van der Waals surface area contributed by atoms with Crippen LogP contribution >= 0.6 is 0 Å². The number of nitrogens with one attached hydrogen (secondary N) is 2. The highest BCUT2D eigenvalue weighted by Gasteiger charge is 2.11. The van der Waals surface area contributed by atoms with Gasteiger partial charge in [0.25, 0.3) is 0 Å². The molecule has 1 aromatic rings. The van der Waals surface area contributed by atoms with Gasteiger partial charge in [-0.05, 0) is 63.0 Å². The summed E-state index contributed by atoms with van der Waals surface area (Å²) in [5.41, 5.74) is 1.30. The molecule has 1 aliphatic rings. The molecule has 0 radical (unpaired) electrons. The van der Waals surface area contributed by atoms with Gasteiger partial charge in [0, 0.05) is 6.54 Å². The molecule has 0 aliphatic carbocycles. The summed E-state index contributed by atoms with van der Waals surface area (Å²) < 4.78 is 5.51. The zero-order valence-corrected chi connectivity index (χ0v) is 13.5. The van der Waals surface area contributed by atoms with Crippen molar-refractivity contribution >= 4 is 0 Å². The van der Waals surface area contributed by atoms with Crippen molar-refractivity contribution in [3.05, 3.63) is 29.8 Å². The third-order valence-corrected chi connectivity index (χ3v) is 3.43. The second-order valence-corrected chi connectivity index (χ2v) is 4.90. The first-order valence-corrected chi connectivity index (χ1v) is 7.01. The second-order valence-electron chi connectivity index (χ2n) is 4.90. The van der Waals surface area contributed by atoms with E-state index in [4.69, 9.17) is 4.74 Å². The highest BCUT2D eigenvalue weighted by atomic mass is 35.5. The van der Waals surface area contributed by atoms with Gasteiger partial charge in [-0.2, -0.15) is 0 Å². The number of halogens is 2. The smallest absolute Gasteiger partial charge is 0.119 e. The molecule has 1 fully saturated rings. The van der Waals surface area contributed by atoms with Gasteiger partial charge in [-0.25, -0.2) is 0 Å². The lowest BCUT2D eigenvalue weighted by molar-refractivity contribution is -0.00100. The highest BCUT2D eigenvalue weighted by Crippen LogP contribution is 2.14.